The van der Waals surface area contributed by atoms with Crippen LogP contribution in [0, 0.1) is 6.92 Å². The van der Waals surface area contributed by atoms with Crippen molar-refractivity contribution in [2.45, 2.75) is 37.7 Å². The van der Waals surface area contributed by atoms with Crippen molar-refractivity contribution in [3.63, 3.8) is 0 Å². The van der Waals surface area contributed by atoms with Crippen LogP contribution in [-0.4, -0.2) is 9.55 Å². The highest BCUT2D eigenvalue weighted by Gasteiger charge is 2.10. The second-order valence-corrected chi connectivity index (χ2v) is 6.59. The molecule has 2 aromatic carbocycles. The lowest BCUT2D eigenvalue weighted by molar-refractivity contribution is 0.585. The summed E-state index contributed by atoms with van der Waals surface area (Å²) in [6.07, 6.45) is 0.915. The standard InChI is InChI=1S/C19H20N2OS/c1-3-12-21-18(22)16-6-4-5-7-17(16)20-19(21)23-13-15-10-8-14(2)9-11-15/h4-11H,3,12-13H2,1-2H3. The average Bonchev–Trinajstić information content (AvgIpc) is 2.57. The van der Waals surface area contributed by atoms with E-state index in [0.717, 1.165) is 22.8 Å². The van der Waals surface area contributed by atoms with Gasteiger partial charge < -0.3 is 0 Å². The molecular weight excluding hydrogens is 304 g/mol. The maximum Gasteiger partial charge on any atom is 0.262 e. The number of fused-ring (bicyclic) bond motifs is 1. The van der Waals surface area contributed by atoms with Crippen LogP contribution in [0.25, 0.3) is 10.9 Å². The first-order valence-corrected chi connectivity index (χ1v) is 8.85. The molecule has 0 saturated heterocycles. The number of thioether (sulfide) groups is 1. The van der Waals surface area contributed by atoms with Crippen LogP contribution in [0.1, 0.15) is 24.5 Å². The molecule has 4 heteroatoms. The summed E-state index contributed by atoms with van der Waals surface area (Å²) in [5.74, 6) is 0.814. The van der Waals surface area contributed by atoms with Gasteiger partial charge in [-0.05, 0) is 31.0 Å². The Hall–Kier alpha value is -2.07. The summed E-state index contributed by atoms with van der Waals surface area (Å²) in [4.78, 5) is 17.4. The summed E-state index contributed by atoms with van der Waals surface area (Å²) >= 11 is 1.63. The minimum absolute atomic E-state index is 0.0591. The van der Waals surface area contributed by atoms with Gasteiger partial charge in [0.25, 0.3) is 5.56 Å². The minimum atomic E-state index is 0.0591. The Morgan fingerprint density at radius 1 is 1.09 bits per heavy atom. The lowest BCUT2D eigenvalue weighted by Gasteiger charge is -2.12. The van der Waals surface area contributed by atoms with Gasteiger partial charge in [0.2, 0.25) is 0 Å². The maximum absolute atomic E-state index is 12.7. The van der Waals surface area contributed by atoms with Crippen molar-refractivity contribution in [2.24, 2.45) is 0 Å². The molecule has 1 heterocycles. The quantitative estimate of drug-likeness (QED) is 0.515. The Morgan fingerprint density at radius 2 is 1.83 bits per heavy atom. The van der Waals surface area contributed by atoms with Crippen LogP contribution in [0.5, 0.6) is 0 Å². The summed E-state index contributed by atoms with van der Waals surface area (Å²) in [5.41, 5.74) is 3.33. The minimum Gasteiger partial charge on any atom is -0.287 e. The Labute approximate surface area is 140 Å². The van der Waals surface area contributed by atoms with Gasteiger partial charge in [0.1, 0.15) is 0 Å². The molecule has 3 rings (SSSR count). The molecule has 0 spiro atoms. The van der Waals surface area contributed by atoms with Gasteiger partial charge in [-0.1, -0.05) is 60.6 Å². The molecule has 118 valence electrons. The van der Waals surface area contributed by atoms with Crippen molar-refractivity contribution < 1.29 is 0 Å². The number of hydrogen-bond donors (Lipinski definition) is 0. The van der Waals surface area contributed by atoms with Gasteiger partial charge in [0, 0.05) is 12.3 Å². The molecule has 0 N–H and O–H groups in total. The van der Waals surface area contributed by atoms with E-state index in [1.165, 1.54) is 11.1 Å². The SMILES string of the molecule is CCCn1c(SCc2ccc(C)cc2)nc2ccccc2c1=O. The third kappa shape index (κ3) is 3.48. The fourth-order valence-corrected chi connectivity index (χ4v) is 3.49. The summed E-state index contributed by atoms with van der Waals surface area (Å²) in [7, 11) is 0. The topological polar surface area (TPSA) is 34.9 Å². The fourth-order valence-electron chi connectivity index (χ4n) is 2.51. The van der Waals surface area contributed by atoms with E-state index in [1.807, 2.05) is 24.3 Å². The molecule has 0 unspecified atom stereocenters. The van der Waals surface area contributed by atoms with Crippen molar-refractivity contribution in [3.05, 3.63) is 70.0 Å². The Balaban J connectivity index is 1.96. The van der Waals surface area contributed by atoms with Crippen LogP contribution in [0.4, 0.5) is 0 Å². The molecule has 0 bridgehead atoms. The van der Waals surface area contributed by atoms with E-state index < -0.39 is 0 Å². The second-order valence-electron chi connectivity index (χ2n) is 5.64. The summed E-state index contributed by atoms with van der Waals surface area (Å²) in [6, 6.07) is 16.1. The lowest BCUT2D eigenvalue weighted by Crippen LogP contribution is -2.23. The number of rotatable bonds is 5. The first-order valence-electron chi connectivity index (χ1n) is 7.87. The zero-order chi connectivity index (χ0) is 16.2. The zero-order valence-electron chi connectivity index (χ0n) is 13.5. The largest absolute Gasteiger partial charge is 0.287 e. The van der Waals surface area contributed by atoms with Crippen molar-refractivity contribution in [2.75, 3.05) is 0 Å². The summed E-state index contributed by atoms with van der Waals surface area (Å²) in [5, 5.41) is 1.50. The van der Waals surface area contributed by atoms with Gasteiger partial charge in [0.15, 0.2) is 5.16 Å². The average molecular weight is 324 g/mol. The lowest BCUT2D eigenvalue weighted by atomic mass is 10.2. The molecular formula is C19H20N2OS. The highest BCUT2D eigenvalue weighted by molar-refractivity contribution is 7.98. The number of aromatic nitrogens is 2. The van der Waals surface area contributed by atoms with Gasteiger partial charge in [0.05, 0.1) is 10.9 Å². The predicted molar refractivity (Wildman–Crippen MR) is 97.0 cm³/mol. The number of aryl methyl sites for hydroxylation is 1. The Morgan fingerprint density at radius 3 is 2.57 bits per heavy atom. The molecule has 0 aliphatic rings. The van der Waals surface area contributed by atoms with E-state index >= 15 is 0 Å². The Bertz CT molecular complexity index is 869. The summed E-state index contributed by atoms with van der Waals surface area (Å²) < 4.78 is 1.81. The molecule has 3 nitrogen and oxygen atoms in total. The zero-order valence-corrected chi connectivity index (χ0v) is 14.3. The highest BCUT2D eigenvalue weighted by Crippen LogP contribution is 2.22. The first kappa shape index (κ1) is 15.8. The molecule has 0 amide bonds. The predicted octanol–water partition coefficient (Wildman–Crippen LogP) is 4.41. The van der Waals surface area contributed by atoms with Gasteiger partial charge in [-0.25, -0.2) is 4.98 Å². The number of para-hydroxylation sites is 1. The third-order valence-corrected chi connectivity index (χ3v) is 4.81. The van der Waals surface area contributed by atoms with Crippen LogP contribution in [-0.2, 0) is 12.3 Å². The van der Waals surface area contributed by atoms with Crippen molar-refractivity contribution in [3.8, 4) is 0 Å². The van der Waals surface area contributed by atoms with Crippen molar-refractivity contribution in [1.82, 2.24) is 9.55 Å². The van der Waals surface area contributed by atoms with Crippen molar-refractivity contribution >= 4 is 22.7 Å². The monoisotopic (exact) mass is 324 g/mol. The van der Waals surface area contributed by atoms with E-state index in [9.17, 15) is 4.79 Å². The van der Waals surface area contributed by atoms with Crippen LogP contribution >= 0.6 is 11.8 Å². The molecule has 1 aromatic heterocycles. The Kier molecular flexibility index (Phi) is 4.82. The molecule has 3 aromatic rings. The van der Waals surface area contributed by atoms with Gasteiger partial charge in [-0.2, -0.15) is 0 Å². The van der Waals surface area contributed by atoms with Crippen LogP contribution in [0.15, 0.2) is 58.5 Å². The van der Waals surface area contributed by atoms with Gasteiger partial charge in [-0.15, -0.1) is 0 Å². The second kappa shape index (κ2) is 7.01. The molecule has 0 fully saturated rings. The number of hydrogen-bond acceptors (Lipinski definition) is 3. The summed E-state index contributed by atoms with van der Waals surface area (Å²) in [6.45, 7) is 4.86. The van der Waals surface area contributed by atoms with Crippen LogP contribution in [0.3, 0.4) is 0 Å². The molecule has 0 saturated carbocycles. The molecule has 0 atom stereocenters. The van der Waals surface area contributed by atoms with E-state index in [4.69, 9.17) is 4.98 Å². The molecule has 0 aliphatic heterocycles. The third-order valence-electron chi connectivity index (χ3n) is 3.76. The van der Waals surface area contributed by atoms with E-state index in [2.05, 4.69) is 38.1 Å². The highest BCUT2D eigenvalue weighted by atomic mass is 32.2. The van der Waals surface area contributed by atoms with Gasteiger partial charge >= 0.3 is 0 Å². The van der Waals surface area contributed by atoms with E-state index in [-0.39, 0.29) is 5.56 Å². The number of nitrogens with zero attached hydrogens (tertiary/aromatic N) is 2. The number of benzene rings is 2. The van der Waals surface area contributed by atoms with E-state index in [0.29, 0.717) is 11.9 Å². The van der Waals surface area contributed by atoms with E-state index in [1.54, 1.807) is 16.3 Å². The van der Waals surface area contributed by atoms with Crippen LogP contribution < -0.4 is 5.56 Å². The smallest absolute Gasteiger partial charge is 0.262 e. The maximum atomic E-state index is 12.7. The van der Waals surface area contributed by atoms with Crippen LogP contribution in [0.2, 0.25) is 0 Å². The molecule has 23 heavy (non-hydrogen) atoms. The molecule has 0 radical (unpaired) electrons. The molecule has 0 aliphatic carbocycles. The van der Waals surface area contributed by atoms with Gasteiger partial charge in [-0.3, -0.25) is 9.36 Å². The fraction of sp³-hybridized carbons (Fsp3) is 0.263. The van der Waals surface area contributed by atoms with Crippen molar-refractivity contribution in [1.29, 1.82) is 0 Å². The normalized spacial score (nSPS) is 11.0. The first-order chi connectivity index (χ1) is 11.2.